The molecule has 2 aromatic carbocycles. The van der Waals surface area contributed by atoms with Crippen molar-refractivity contribution in [3.8, 4) is 5.75 Å². The molecule has 2 aromatic rings. The van der Waals surface area contributed by atoms with Crippen molar-refractivity contribution in [3.63, 3.8) is 0 Å². The van der Waals surface area contributed by atoms with Gasteiger partial charge in [-0.2, -0.15) is 4.39 Å². The third-order valence-corrected chi connectivity index (χ3v) is 7.09. The average molecular weight is 420 g/mol. The maximum absolute atomic E-state index is 14.9. The first kappa shape index (κ1) is 21.2. The summed E-state index contributed by atoms with van der Waals surface area (Å²) in [5, 5.41) is 0. The van der Waals surface area contributed by atoms with Crippen LogP contribution in [0.3, 0.4) is 0 Å². The number of fused-ring (bicyclic) bond motifs is 1. The summed E-state index contributed by atoms with van der Waals surface area (Å²) in [5.74, 6) is -3.15. The molecule has 0 aliphatic heterocycles. The van der Waals surface area contributed by atoms with Crippen molar-refractivity contribution in [3.05, 3.63) is 64.2 Å². The first-order valence-corrected chi connectivity index (χ1v) is 11.0. The van der Waals surface area contributed by atoms with E-state index < -0.39 is 23.3 Å². The maximum atomic E-state index is 14.9. The van der Waals surface area contributed by atoms with Gasteiger partial charge in [-0.3, -0.25) is 0 Å². The van der Waals surface area contributed by atoms with Crippen LogP contribution in [0.1, 0.15) is 74.5 Å². The Morgan fingerprint density at radius 3 is 1.87 bits per heavy atom. The minimum absolute atomic E-state index is 0.0673. The van der Waals surface area contributed by atoms with Gasteiger partial charge in [-0.05, 0) is 85.5 Å². The lowest BCUT2D eigenvalue weighted by Gasteiger charge is -2.23. The van der Waals surface area contributed by atoms with Crippen LogP contribution in [0.2, 0.25) is 0 Å². The zero-order valence-corrected chi connectivity index (χ0v) is 17.5. The van der Waals surface area contributed by atoms with E-state index in [0.717, 1.165) is 32.1 Å². The Labute approximate surface area is 175 Å². The van der Waals surface area contributed by atoms with Crippen LogP contribution in [0.4, 0.5) is 17.6 Å². The highest BCUT2D eigenvalue weighted by atomic mass is 19.2. The lowest BCUT2D eigenvalue weighted by Crippen LogP contribution is -2.14. The van der Waals surface area contributed by atoms with Crippen molar-refractivity contribution < 1.29 is 22.3 Å². The van der Waals surface area contributed by atoms with Gasteiger partial charge >= 0.3 is 0 Å². The largest absolute Gasteiger partial charge is 0.491 e. The molecule has 4 unspecified atom stereocenters. The number of rotatable bonds is 6. The number of aryl methyl sites for hydroxylation is 1. The third kappa shape index (κ3) is 3.50. The summed E-state index contributed by atoms with van der Waals surface area (Å²) in [6.07, 6.45) is 4.38. The predicted octanol–water partition coefficient (Wildman–Crippen LogP) is 7.28. The van der Waals surface area contributed by atoms with Crippen LogP contribution in [0.15, 0.2) is 24.3 Å². The van der Waals surface area contributed by atoms with Crippen molar-refractivity contribution in [1.82, 2.24) is 0 Å². The summed E-state index contributed by atoms with van der Waals surface area (Å²) in [7, 11) is 0. The van der Waals surface area contributed by atoms with Crippen molar-refractivity contribution in [2.24, 2.45) is 11.8 Å². The zero-order valence-electron chi connectivity index (χ0n) is 17.5. The summed E-state index contributed by atoms with van der Waals surface area (Å²) in [5.41, 5.74) is 1.25. The highest BCUT2D eigenvalue weighted by molar-refractivity contribution is 5.36. The fourth-order valence-corrected chi connectivity index (χ4v) is 5.82. The number of halogens is 4. The molecule has 2 aliphatic carbocycles. The molecule has 0 N–H and O–H groups in total. The summed E-state index contributed by atoms with van der Waals surface area (Å²) in [6.45, 7) is 3.93. The predicted molar refractivity (Wildman–Crippen MR) is 109 cm³/mol. The smallest absolute Gasteiger partial charge is 0.200 e. The molecule has 2 aliphatic rings. The van der Waals surface area contributed by atoms with E-state index >= 15 is 0 Å². The molecule has 1 nitrogen and oxygen atoms in total. The van der Waals surface area contributed by atoms with Gasteiger partial charge in [0.2, 0.25) is 5.82 Å². The van der Waals surface area contributed by atoms with E-state index in [0.29, 0.717) is 23.1 Å². The Balaban J connectivity index is 1.59. The van der Waals surface area contributed by atoms with Gasteiger partial charge in [0.05, 0.1) is 6.61 Å². The van der Waals surface area contributed by atoms with Crippen LogP contribution < -0.4 is 4.74 Å². The lowest BCUT2D eigenvalue weighted by atomic mass is 9.82. The molecule has 0 aromatic heterocycles. The summed E-state index contributed by atoms with van der Waals surface area (Å²) < 4.78 is 63.7. The Morgan fingerprint density at radius 2 is 1.30 bits per heavy atom. The molecule has 0 bridgehead atoms. The zero-order chi connectivity index (χ0) is 21.4. The monoisotopic (exact) mass is 420 g/mol. The molecule has 162 valence electrons. The quantitative estimate of drug-likeness (QED) is 0.446. The lowest BCUT2D eigenvalue weighted by molar-refractivity contribution is 0.311. The fraction of sp³-hybridized carbons (Fsp3) is 0.520. The van der Waals surface area contributed by atoms with E-state index in [1.807, 2.05) is 6.92 Å². The minimum Gasteiger partial charge on any atom is -0.491 e. The molecule has 4 atom stereocenters. The fourth-order valence-electron chi connectivity index (χ4n) is 5.82. The SMILES string of the molecule is CCCc1ccc(C2CCC3C(c4ccc(OCC)c(F)c4F)CCC23)c(F)c1F. The molecule has 0 radical (unpaired) electrons. The topological polar surface area (TPSA) is 9.23 Å². The van der Waals surface area contributed by atoms with Crippen molar-refractivity contribution in [2.45, 2.75) is 64.2 Å². The molecule has 5 heteroatoms. The van der Waals surface area contributed by atoms with Gasteiger partial charge in [0.15, 0.2) is 23.2 Å². The summed E-state index contributed by atoms with van der Waals surface area (Å²) in [6, 6.07) is 6.57. The first-order valence-electron chi connectivity index (χ1n) is 11.0. The van der Waals surface area contributed by atoms with E-state index in [2.05, 4.69) is 0 Å². The van der Waals surface area contributed by atoms with E-state index in [4.69, 9.17) is 4.74 Å². The van der Waals surface area contributed by atoms with Crippen LogP contribution in [0.25, 0.3) is 0 Å². The van der Waals surface area contributed by atoms with Gasteiger partial charge in [0.25, 0.3) is 0 Å². The van der Waals surface area contributed by atoms with Gasteiger partial charge in [-0.15, -0.1) is 0 Å². The minimum atomic E-state index is -0.938. The van der Waals surface area contributed by atoms with Crippen molar-refractivity contribution >= 4 is 0 Å². The molecular weight excluding hydrogens is 392 g/mol. The molecule has 4 rings (SSSR count). The maximum Gasteiger partial charge on any atom is 0.200 e. The number of hydrogen-bond acceptors (Lipinski definition) is 1. The van der Waals surface area contributed by atoms with Crippen molar-refractivity contribution in [2.75, 3.05) is 6.61 Å². The second-order valence-corrected chi connectivity index (χ2v) is 8.60. The molecular formula is C25H28F4O. The standard InChI is InChI=1S/C25H28F4O/c1-3-5-14-6-7-19(23(27)22(14)26)17-10-8-16-15(17)9-11-18(16)20-12-13-21(30-4-2)25(29)24(20)28/h6-7,12-13,15-18H,3-5,8-11H2,1-2H3. The molecule has 0 spiro atoms. The molecule has 30 heavy (non-hydrogen) atoms. The molecule has 2 saturated carbocycles. The van der Waals surface area contributed by atoms with E-state index in [-0.39, 0.29) is 36.0 Å². The van der Waals surface area contributed by atoms with E-state index in [1.165, 1.54) is 6.07 Å². The van der Waals surface area contributed by atoms with E-state index in [9.17, 15) is 17.6 Å². The Kier molecular flexibility index (Phi) is 6.08. The van der Waals surface area contributed by atoms with Crippen LogP contribution in [0, 0.1) is 35.1 Å². The van der Waals surface area contributed by atoms with Crippen LogP contribution in [-0.2, 0) is 6.42 Å². The molecule has 0 saturated heterocycles. The van der Waals surface area contributed by atoms with Gasteiger partial charge in [-0.1, -0.05) is 31.5 Å². The molecule has 0 amide bonds. The van der Waals surface area contributed by atoms with Crippen LogP contribution in [-0.4, -0.2) is 6.61 Å². The summed E-state index contributed by atoms with van der Waals surface area (Å²) >= 11 is 0. The Morgan fingerprint density at radius 1 is 0.733 bits per heavy atom. The Hall–Kier alpha value is -2.04. The Bertz CT molecular complexity index is 850. The van der Waals surface area contributed by atoms with Crippen LogP contribution >= 0.6 is 0 Å². The summed E-state index contributed by atoms with van der Waals surface area (Å²) in [4.78, 5) is 0. The van der Waals surface area contributed by atoms with Crippen molar-refractivity contribution in [1.29, 1.82) is 0 Å². The molecule has 2 fully saturated rings. The van der Waals surface area contributed by atoms with Gasteiger partial charge in [0, 0.05) is 0 Å². The van der Waals surface area contributed by atoms with E-state index in [1.54, 1.807) is 25.1 Å². The highest BCUT2D eigenvalue weighted by Crippen LogP contribution is 2.58. The molecule has 0 heterocycles. The van der Waals surface area contributed by atoms with Gasteiger partial charge in [0.1, 0.15) is 0 Å². The van der Waals surface area contributed by atoms with Gasteiger partial charge in [-0.25, -0.2) is 13.2 Å². The number of ether oxygens (including phenoxy) is 1. The average Bonchev–Trinajstić information content (AvgIpc) is 3.33. The number of hydrogen-bond donors (Lipinski definition) is 0. The second kappa shape index (κ2) is 8.60. The number of benzene rings is 2. The van der Waals surface area contributed by atoms with Gasteiger partial charge < -0.3 is 4.74 Å². The second-order valence-electron chi connectivity index (χ2n) is 8.60. The highest BCUT2D eigenvalue weighted by Gasteiger charge is 2.47. The van der Waals surface area contributed by atoms with Crippen LogP contribution in [0.5, 0.6) is 5.75 Å². The first-order chi connectivity index (χ1) is 14.5. The third-order valence-electron chi connectivity index (χ3n) is 7.09. The normalized spacial score (nSPS) is 25.5.